The average Bonchev–Trinajstić information content (AvgIpc) is 2.61. The van der Waals surface area contributed by atoms with E-state index in [1.54, 1.807) is 5.38 Å². The molecule has 5 heteroatoms. The largest absolute Gasteiger partial charge is 0.347 e. The van der Waals surface area contributed by atoms with Crippen LogP contribution in [0.15, 0.2) is 5.38 Å². The van der Waals surface area contributed by atoms with Crippen molar-refractivity contribution in [3.63, 3.8) is 0 Å². The summed E-state index contributed by atoms with van der Waals surface area (Å²) in [4.78, 5) is 15.7. The molecule has 0 fully saturated rings. The molecule has 0 spiro atoms. The molecule has 1 aromatic rings. The van der Waals surface area contributed by atoms with E-state index in [1.807, 2.05) is 13.8 Å². The summed E-state index contributed by atoms with van der Waals surface area (Å²) in [6, 6.07) is 0.0458. The van der Waals surface area contributed by atoms with Crippen molar-refractivity contribution in [2.24, 2.45) is 5.73 Å². The van der Waals surface area contributed by atoms with Crippen molar-refractivity contribution >= 4 is 17.2 Å². The third kappa shape index (κ3) is 2.78. The molecule has 78 valence electrons. The van der Waals surface area contributed by atoms with Crippen molar-refractivity contribution in [3.8, 4) is 0 Å². The summed E-state index contributed by atoms with van der Waals surface area (Å²) in [6.45, 7) is 4.33. The quantitative estimate of drug-likeness (QED) is 0.781. The zero-order valence-corrected chi connectivity index (χ0v) is 9.23. The molecule has 1 unspecified atom stereocenters. The Morgan fingerprint density at radius 2 is 2.50 bits per heavy atom. The Balaban J connectivity index is 2.58. The van der Waals surface area contributed by atoms with Crippen LogP contribution in [0.25, 0.3) is 0 Å². The summed E-state index contributed by atoms with van der Waals surface area (Å²) < 4.78 is 0. The van der Waals surface area contributed by atoms with Gasteiger partial charge >= 0.3 is 0 Å². The van der Waals surface area contributed by atoms with Gasteiger partial charge < -0.3 is 11.1 Å². The highest BCUT2D eigenvalue weighted by Crippen LogP contribution is 2.07. The van der Waals surface area contributed by atoms with Crippen molar-refractivity contribution in [3.05, 3.63) is 16.1 Å². The van der Waals surface area contributed by atoms with Gasteiger partial charge in [0.25, 0.3) is 5.91 Å². The standard InChI is InChI=1S/C9H15N3OS/c1-3-7(4-10)12-9(13)8-5-14-6(2)11-8/h5,7H,3-4,10H2,1-2H3,(H,12,13). The lowest BCUT2D eigenvalue weighted by Gasteiger charge is -2.12. The fourth-order valence-electron chi connectivity index (χ4n) is 1.05. The van der Waals surface area contributed by atoms with Crippen LogP contribution in [-0.2, 0) is 0 Å². The number of aromatic nitrogens is 1. The molecule has 1 heterocycles. The second kappa shape index (κ2) is 5.07. The first-order chi connectivity index (χ1) is 6.67. The van der Waals surface area contributed by atoms with Gasteiger partial charge in [-0.3, -0.25) is 4.79 Å². The van der Waals surface area contributed by atoms with E-state index in [-0.39, 0.29) is 11.9 Å². The SMILES string of the molecule is CCC(CN)NC(=O)c1csc(C)n1. The Labute approximate surface area is 87.5 Å². The predicted molar refractivity (Wildman–Crippen MR) is 57.5 cm³/mol. The second-order valence-electron chi connectivity index (χ2n) is 3.07. The van der Waals surface area contributed by atoms with Crippen LogP contribution >= 0.6 is 11.3 Å². The first-order valence-corrected chi connectivity index (χ1v) is 5.48. The molecule has 0 aliphatic heterocycles. The smallest absolute Gasteiger partial charge is 0.271 e. The highest BCUT2D eigenvalue weighted by Gasteiger charge is 2.12. The highest BCUT2D eigenvalue weighted by molar-refractivity contribution is 7.09. The summed E-state index contributed by atoms with van der Waals surface area (Å²) in [6.07, 6.45) is 0.839. The number of aryl methyl sites for hydroxylation is 1. The number of amides is 1. The molecule has 0 saturated heterocycles. The minimum absolute atomic E-state index is 0.0458. The molecule has 0 aliphatic carbocycles. The van der Waals surface area contributed by atoms with Crippen LogP contribution in [0.1, 0.15) is 28.8 Å². The van der Waals surface area contributed by atoms with Gasteiger partial charge in [0.15, 0.2) is 0 Å². The fourth-order valence-corrected chi connectivity index (χ4v) is 1.65. The number of nitrogens with one attached hydrogen (secondary N) is 1. The van der Waals surface area contributed by atoms with Gasteiger partial charge in [-0.2, -0.15) is 0 Å². The zero-order chi connectivity index (χ0) is 10.6. The maximum Gasteiger partial charge on any atom is 0.271 e. The van der Waals surface area contributed by atoms with Crippen molar-refractivity contribution in [2.45, 2.75) is 26.3 Å². The molecule has 1 rings (SSSR count). The molecule has 3 N–H and O–H groups in total. The van der Waals surface area contributed by atoms with E-state index in [0.717, 1.165) is 11.4 Å². The number of hydrogen-bond acceptors (Lipinski definition) is 4. The molecule has 1 atom stereocenters. The molecular weight excluding hydrogens is 198 g/mol. The van der Waals surface area contributed by atoms with Crippen LogP contribution in [0, 0.1) is 6.92 Å². The van der Waals surface area contributed by atoms with E-state index >= 15 is 0 Å². The van der Waals surface area contributed by atoms with Gasteiger partial charge in [0.05, 0.1) is 5.01 Å². The van der Waals surface area contributed by atoms with E-state index in [4.69, 9.17) is 5.73 Å². The Bertz CT molecular complexity index is 307. The van der Waals surface area contributed by atoms with Crippen LogP contribution < -0.4 is 11.1 Å². The summed E-state index contributed by atoms with van der Waals surface area (Å²) in [7, 11) is 0. The average molecular weight is 213 g/mol. The zero-order valence-electron chi connectivity index (χ0n) is 8.41. The molecule has 0 saturated carbocycles. The van der Waals surface area contributed by atoms with Crippen molar-refractivity contribution in [1.29, 1.82) is 0 Å². The van der Waals surface area contributed by atoms with Gasteiger partial charge in [-0.15, -0.1) is 11.3 Å². The number of thiazole rings is 1. The van der Waals surface area contributed by atoms with Gasteiger partial charge in [0.2, 0.25) is 0 Å². The number of carbonyl (C=O) groups excluding carboxylic acids is 1. The topological polar surface area (TPSA) is 68.0 Å². The molecule has 1 amide bonds. The Hall–Kier alpha value is -0.940. The second-order valence-corrected chi connectivity index (χ2v) is 4.13. The molecule has 0 radical (unpaired) electrons. The Morgan fingerprint density at radius 1 is 1.79 bits per heavy atom. The molecule has 14 heavy (non-hydrogen) atoms. The van der Waals surface area contributed by atoms with E-state index < -0.39 is 0 Å². The third-order valence-corrected chi connectivity index (χ3v) is 2.74. The van der Waals surface area contributed by atoms with Crippen molar-refractivity contribution in [1.82, 2.24) is 10.3 Å². The highest BCUT2D eigenvalue weighted by atomic mass is 32.1. The predicted octanol–water partition coefficient (Wildman–Crippen LogP) is 0.919. The lowest BCUT2D eigenvalue weighted by molar-refractivity contribution is 0.0932. The van der Waals surface area contributed by atoms with Gasteiger partial charge in [0, 0.05) is 18.0 Å². The molecular formula is C9H15N3OS. The van der Waals surface area contributed by atoms with Crippen molar-refractivity contribution in [2.75, 3.05) is 6.54 Å². The molecule has 0 aliphatic rings. The molecule has 0 aromatic carbocycles. The lowest BCUT2D eigenvalue weighted by Crippen LogP contribution is -2.39. The molecule has 1 aromatic heterocycles. The summed E-state index contributed by atoms with van der Waals surface area (Å²) in [5.41, 5.74) is 5.97. The van der Waals surface area contributed by atoms with Crippen molar-refractivity contribution < 1.29 is 4.79 Å². The number of nitrogens with zero attached hydrogens (tertiary/aromatic N) is 1. The number of nitrogens with two attached hydrogens (primary N) is 1. The van der Waals surface area contributed by atoms with E-state index in [2.05, 4.69) is 10.3 Å². The summed E-state index contributed by atoms with van der Waals surface area (Å²) in [5.74, 6) is -0.133. The number of rotatable bonds is 4. The minimum atomic E-state index is -0.133. The molecule has 4 nitrogen and oxygen atoms in total. The first-order valence-electron chi connectivity index (χ1n) is 4.60. The van der Waals surface area contributed by atoms with E-state index in [1.165, 1.54) is 11.3 Å². The van der Waals surface area contributed by atoms with Crippen LogP contribution in [-0.4, -0.2) is 23.5 Å². The van der Waals surface area contributed by atoms with Gasteiger partial charge in [-0.1, -0.05) is 6.92 Å². The monoisotopic (exact) mass is 213 g/mol. The van der Waals surface area contributed by atoms with Crippen LogP contribution in [0.4, 0.5) is 0 Å². The number of hydrogen-bond donors (Lipinski definition) is 2. The van der Waals surface area contributed by atoms with Crippen LogP contribution in [0.2, 0.25) is 0 Å². The van der Waals surface area contributed by atoms with E-state index in [0.29, 0.717) is 12.2 Å². The number of carbonyl (C=O) groups is 1. The summed E-state index contributed by atoms with van der Waals surface area (Å²) in [5, 5.41) is 5.48. The normalized spacial score (nSPS) is 12.5. The first kappa shape index (κ1) is 11.1. The maximum absolute atomic E-state index is 11.6. The van der Waals surface area contributed by atoms with Crippen LogP contribution in [0.3, 0.4) is 0 Å². The van der Waals surface area contributed by atoms with Gasteiger partial charge in [-0.25, -0.2) is 4.98 Å². The Kier molecular flexibility index (Phi) is 4.03. The third-order valence-electron chi connectivity index (χ3n) is 1.96. The lowest BCUT2D eigenvalue weighted by atomic mass is 10.2. The summed E-state index contributed by atoms with van der Waals surface area (Å²) >= 11 is 1.47. The van der Waals surface area contributed by atoms with Crippen LogP contribution in [0.5, 0.6) is 0 Å². The minimum Gasteiger partial charge on any atom is -0.347 e. The Morgan fingerprint density at radius 3 is 2.93 bits per heavy atom. The van der Waals surface area contributed by atoms with E-state index in [9.17, 15) is 4.79 Å². The maximum atomic E-state index is 11.6. The van der Waals surface area contributed by atoms with Gasteiger partial charge in [-0.05, 0) is 13.3 Å². The van der Waals surface area contributed by atoms with Gasteiger partial charge in [0.1, 0.15) is 5.69 Å². The molecule has 0 bridgehead atoms. The fraction of sp³-hybridized carbons (Fsp3) is 0.556.